The van der Waals surface area contributed by atoms with Crippen molar-refractivity contribution in [2.24, 2.45) is 0 Å². The van der Waals surface area contributed by atoms with Gasteiger partial charge >= 0.3 is 6.03 Å². The number of carbonyl (C=O) groups is 1. The van der Waals surface area contributed by atoms with Crippen LogP contribution in [-0.4, -0.2) is 28.1 Å². The van der Waals surface area contributed by atoms with E-state index in [0.717, 1.165) is 17.1 Å². The highest BCUT2D eigenvalue weighted by Gasteiger charge is 2.30. The van der Waals surface area contributed by atoms with E-state index in [1.165, 1.54) is 31.0 Å². The molecule has 0 aliphatic carbocycles. The van der Waals surface area contributed by atoms with E-state index in [4.69, 9.17) is 4.74 Å². The lowest BCUT2D eigenvalue weighted by atomic mass is 10.0. The highest BCUT2D eigenvalue weighted by Crippen LogP contribution is 2.28. The largest absolute Gasteiger partial charge is 0.479 e. The number of thiazole rings is 1. The number of amides is 2. The topological polar surface area (TPSA) is 89.0 Å². The summed E-state index contributed by atoms with van der Waals surface area (Å²) in [6.07, 6.45) is 3.56. The van der Waals surface area contributed by atoms with E-state index < -0.39 is 5.54 Å². The second-order valence-electron chi connectivity index (χ2n) is 5.00. The van der Waals surface area contributed by atoms with Gasteiger partial charge in [0, 0.05) is 11.1 Å². The van der Waals surface area contributed by atoms with Crippen molar-refractivity contribution in [3.05, 3.63) is 28.6 Å². The molecule has 0 spiro atoms. The van der Waals surface area contributed by atoms with Gasteiger partial charge in [-0.15, -0.1) is 11.3 Å². The molecule has 2 aromatic rings. The summed E-state index contributed by atoms with van der Waals surface area (Å²) in [4.78, 5) is 24.6. The summed E-state index contributed by atoms with van der Waals surface area (Å²) >= 11 is 1.53. The predicted octanol–water partition coefficient (Wildman–Crippen LogP) is 2.70. The Morgan fingerprint density at radius 2 is 2.27 bits per heavy atom. The van der Waals surface area contributed by atoms with Crippen molar-refractivity contribution in [1.82, 2.24) is 20.3 Å². The zero-order valence-electron chi connectivity index (χ0n) is 13.0. The molecule has 2 rings (SSSR count). The summed E-state index contributed by atoms with van der Waals surface area (Å²) in [5.74, 6) is 0.313. The van der Waals surface area contributed by atoms with Crippen LogP contribution in [0.4, 0.5) is 10.5 Å². The van der Waals surface area contributed by atoms with Crippen LogP contribution in [0.1, 0.15) is 31.0 Å². The summed E-state index contributed by atoms with van der Waals surface area (Å²) in [6.45, 7) is 5.88. The van der Waals surface area contributed by atoms with Gasteiger partial charge in [0.25, 0.3) is 0 Å². The van der Waals surface area contributed by atoms with E-state index in [2.05, 4.69) is 25.6 Å². The number of urea groups is 1. The Morgan fingerprint density at radius 3 is 2.86 bits per heavy atom. The molecule has 2 aromatic heterocycles. The molecule has 7 nitrogen and oxygen atoms in total. The van der Waals surface area contributed by atoms with Crippen molar-refractivity contribution >= 4 is 23.1 Å². The number of aryl methyl sites for hydroxylation is 1. The number of carbonyl (C=O) groups excluding carboxylic acids is 1. The molecule has 0 aliphatic rings. The smallest absolute Gasteiger partial charge is 0.320 e. The minimum absolute atomic E-state index is 0.313. The van der Waals surface area contributed by atoms with Gasteiger partial charge < -0.3 is 15.4 Å². The van der Waals surface area contributed by atoms with E-state index in [1.54, 1.807) is 0 Å². The highest BCUT2D eigenvalue weighted by molar-refractivity contribution is 7.09. The second-order valence-corrected chi connectivity index (χ2v) is 5.86. The SMILES string of the molecule is CCC(C)(NC(=O)Nc1cncnc1OC)c1nc(C)cs1. The van der Waals surface area contributed by atoms with Crippen LogP contribution in [-0.2, 0) is 5.54 Å². The summed E-state index contributed by atoms with van der Waals surface area (Å²) in [5.41, 5.74) is 0.822. The first-order chi connectivity index (χ1) is 10.5. The summed E-state index contributed by atoms with van der Waals surface area (Å²) in [5, 5.41) is 8.51. The Labute approximate surface area is 133 Å². The first-order valence-corrected chi connectivity index (χ1v) is 7.72. The lowest BCUT2D eigenvalue weighted by Gasteiger charge is -2.27. The van der Waals surface area contributed by atoms with Gasteiger partial charge in [-0.25, -0.2) is 14.8 Å². The standard InChI is InChI=1S/C14H19N5O2S/c1-5-14(3,12-17-9(2)7-22-12)19-13(20)18-10-6-15-8-16-11(10)21-4/h6-8H,5H2,1-4H3,(H2,18,19,20). The van der Waals surface area contributed by atoms with Crippen molar-refractivity contribution < 1.29 is 9.53 Å². The fraction of sp³-hybridized carbons (Fsp3) is 0.429. The summed E-state index contributed by atoms with van der Waals surface area (Å²) in [7, 11) is 1.49. The third-order valence-corrected chi connectivity index (χ3v) is 4.53. The van der Waals surface area contributed by atoms with E-state index in [0.29, 0.717) is 11.6 Å². The molecule has 8 heteroatoms. The summed E-state index contributed by atoms with van der Waals surface area (Å²) in [6, 6.07) is -0.356. The predicted molar refractivity (Wildman–Crippen MR) is 85.2 cm³/mol. The van der Waals surface area contributed by atoms with Crippen molar-refractivity contribution in [2.75, 3.05) is 12.4 Å². The van der Waals surface area contributed by atoms with Crippen molar-refractivity contribution in [3.8, 4) is 5.88 Å². The van der Waals surface area contributed by atoms with E-state index >= 15 is 0 Å². The fourth-order valence-corrected chi connectivity index (χ4v) is 2.86. The number of aromatic nitrogens is 3. The molecule has 0 aliphatic heterocycles. The minimum Gasteiger partial charge on any atom is -0.479 e. The third-order valence-electron chi connectivity index (χ3n) is 3.30. The Hall–Kier alpha value is -2.22. The number of nitrogens with one attached hydrogen (secondary N) is 2. The molecule has 1 unspecified atom stereocenters. The van der Waals surface area contributed by atoms with Crippen LogP contribution in [0, 0.1) is 6.92 Å². The quantitative estimate of drug-likeness (QED) is 0.884. The Bertz CT molecular complexity index is 660. The maximum absolute atomic E-state index is 12.3. The van der Waals surface area contributed by atoms with E-state index in [-0.39, 0.29) is 6.03 Å². The van der Waals surface area contributed by atoms with Crippen molar-refractivity contribution in [1.29, 1.82) is 0 Å². The van der Waals surface area contributed by atoms with E-state index in [1.807, 2.05) is 26.2 Å². The third kappa shape index (κ3) is 3.51. The van der Waals surface area contributed by atoms with Gasteiger partial charge in [0.15, 0.2) is 0 Å². The molecule has 0 bridgehead atoms. The van der Waals surface area contributed by atoms with Crippen LogP contribution < -0.4 is 15.4 Å². The number of methoxy groups -OCH3 is 1. The van der Waals surface area contributed by atoms with Gasteiger partial charge in [-0.05, 0) is 20.3 Å². The summed E-state index contributed by atoms with van der Waals surface area (Å²) < 4.78 is 5.09. The molecular weight excluding hydrogens is 302 g/mol. The molecule has 0 saturated carbocycles. The van der Waals surface area contributed by atoms with E-state index in [9.17, 15) is 4.79 Å². The zero-order valence-corrected chi connectivity index (χ0v) is 13.8. The normalized spacial score (nSPS) is 13.3. The molecule has 2 amide bonds. The monoisotopic (exact) mass is 321 g/mol. The Balaban J connectivity index is 2.13. The van der Waals surface area contributed by atoms with Crippen LogP contribution in [0.2, 0.25) is 0 Å². The Morgan fingerprint density at radius 1 is 1.50 bits per heavy atom. The van der Waals surface area contributed by atoms with Crippen LogP contribution >= 0.6 is 11.3 Å². The number of rotatable bonds is 5. The molecule has 0 radical (unpaired) electrons. The van der Waals surface area contributed by atoms with Crippen molar-refractivity contribution in [2.45, 2.75) is 32.7 Å². The molecular formula is C14H19N5O2S. The van der Waals surface area contributed by atoms with Gasteiger partial charge in [-0.1, -0.05) is 6.92 Å². The molecule has 2 N–H and O–H groups in total. The number of hydrogen-bond acceptors (Lipinski definition) is 6. The maximum Gasteiger partial charge on any atom is 0.320 e. The molecule has 1 atom stereocenters. The van der Waals surface area contributed by atoms with Crippen LogP contribution in [0.25, 0.3) is 0 Å². The van der Waals surface area contributed by atoms with Gasteiger partial charge in [-0.3, -0.25) is 0 Å². The number of hydrogen-bond donors (Lipinski definition) is 2. The molecule has 0 fully saturated rings. The molecule has 0 saturated heterocycles. The fourth-order valence-electron chi connectivity index (χ4n) is 1.87. The minimum atomic E-state index is -0.536. The molecule has 0 aromatic carbocycles. The van der Waals surface area contributed by atoms with Crippen molar-refractivity contribution in [3.63, 3.8) is 0 Å². The van der Waals surface area contributed by atoms with Crippen LogP contribution in [0.3, 0.4) is 0 Å². The van der Waals surface area contributed by atoms with Crippen LogP contribution in [0.5, 0.6) is 5.88 Å². The van der Waals surface area contributed by atoms with Gasteiger partial charge in [0.05, 0.1) is 18.8 Å². The molecule has 22 heavy (non-hydrogen) atoms. The first kappa shape index (κ1) is 16.2. The average Bonchev–Trinajstić information content (AvgIpc) is 2.95. The molecule has 118 valence electrons. The van der Waals surface area contributed by atoms with Gasteiger partial charge in [-0.2, -0.15) is 4.98 Å². The maximum atomic E-state index is 12.3. The van der Waals surface area contributed by atoms with Gasteiger partial charge in [0.1, 0.15) is 17.0 Å². The number of ether oxygens (including phenoxy) is 1. The first-order valence-electron chi connectivity index (χ1n) is 6.84. The molecule has 2 heterocycles. The zero-order chi connectivity index (χ0) is 16.2. The lowest BCUT2D eigenvalue weighted by Crippen LogP contribution is -2.45. The average molecular weight is 321 g/mol. The highest BCUT2D eigenvalue weighted by atomic mass is 32.1. The number of nitrogens with zero attached hydrogens (tertiary/aromatic N) is 3. The van der Waals surface area contributed by atoms with Crippen LogP contribution in [0.15, 0.2) is 17.9 Å². The second kappa shape index (κ2) is 6.69. The number of anilines is 1. The lowest BCUT2D eigenvalue weighted by molar-refractivity contribution is 0.237. The Kier molecular flexibility index (Phi) is 4.92. The van der Waals surface area contributed by atoms with Gasteiger partial charge in [0.2, 0.25) is 5.88 Å².